The van der Waals surface area contributed by atoms with Gasteiger partial charge in [0.05, 0.1) is 24.0 Å². The molecule has 0 radical (unpaired) electrons. The van der Waals surface area contributed by atoms with Crippen LogP contribution >= 0.6 is 0 Å². The molecule has 0 fully saturated rings. The molecule has 0 unspecified atom stereocenters. The van der Waals surface area contributed by atoms with Crippen LogP contribution in [0.5, 0.6) is 0 Å². The van der Waals surface area contributed by atoms with Crippen molar-refractivity contribution >= 4 is 11.9 Å². The zero-order chi connectivity index (χ0) is 15.4. The Hall–Kier alpha value is -2.64. The standard InChI is InChI=1S/C13H17N5O3/c1-3-18-11(4-5-14-18)8-16(2)13(21)10-6-15-17(7-10)9-12(19)20/h4-7H,3,8-9H2,1-2H3,(H,19,20). The average molecular weight is 291 g/mol. The van der Waals surface area contributed by atoms with E-state index in [1.807, 2.05) is 17.7 Å². The highest BCUT2D eigenvalue weighted by atomic mass is 16.4. The minimum atomic E-state index is -1.00. The fourth-order valence-corrected chi connectivity index (χ4v) is 2.01. The molecule has 2 aromatic rings. The fourth-order valence-electron chi connectivity index (χ4n) is 2.01. The number of rotatable bonds is 6. The van der Waals surface area contributed by atoms with Crippen LogP contribution in [0.15, 0.2) is 24.7 Å². The Bertz CT molecular complexity index is 646. The molecule has 112 valence electrons. The smallest absolute Gasteiger partial charge is 0.325 e. The van der Waals surface area contributed by atoms with E-state index in [1.54, 1.807) is 18.1 Å². The van der Waals surface area contributed by atoms with Gasteiger partial charge in [0.15, 0.2) is 0 Å². The molecular weight excluding hydrogens is 274 g/mol. The van der Waals surface area contributed by atoms with Gasteiger partial charge in [0.2, 0.25) is 0 Å². The molecule has 0 atom stereocenters. The summed E-state index contributed by atoms with van der Waals surface area (Å²) in [6.07, 6.45) is 4.50. The second kappa shape index (κ2) is 6.21. The Labute approximate surface area is 121 Å². The topological polar surface area (TPSA) is 93.3 Å². The van der Waals surface area contributed by atoms with Crippen molar-refractivity contribution in [3.63, 3.8) is 0 Å². The molecule has 1 N–H and O–H groups in total. The molecule has 0 aliphatic rings. The van der Waals surface area contributed by atoms with Crippen molar-refractivity contribution in [3.05, 3.63) is 35.9 Å². The number of carboxylic acid groups (broad SMARTS) is 1. The Morgan fingerprint density at radius 3 is 2.81 bits per heavy atom. The van der Waals surface area contributed by atoms with Crippen molar-refractivity contribution in [2.24, 2.45) is 0 Å². The van der Waals surface area contributed by atoms with E-state index in [1.165, 1.54) is 17.1 Å². The molecule has 0 bridgehead atoms. The zero-order valence-electron chi connectivity index (χ0n) is 11.9. The van der Waals surface area contributed by atoms with Crippen LogP contribution in [-0.2, 0) is 24.4 Å². The maximum Gasteiger partial charge on any atom is 0.325 e. The lowest BCUT2D eigenvalue weighted by Crippen LogP contribution is -2.27. The number of aromatic nitrogens is 4. The summed E-state index contributed by atoms with van der Waals surface area (Å²) in [5.74, 6) is -1.22. The molecule has 2 aromatic heterocycles. The van der Waals surface area contributed by atoms with E-state index in [0.717, 1.165) is 12.2 Å². The molecular formula is C13H17N5O3. The van der Waals surface area contributed by atoms with E-state index in [4.69, 9.17) is 5.11 Å². The van der Waals surface area contributed by atoms with Gasteiger partial charge in [0, 0.05) is 26.0 Å². The lowest BCUT2D eigenvalue weighted by Gasteiger charge is -2.16. The Kier molecular flexibility index (Phi) is 4.36. The minimum absolute atomic E-state index is 0.213. The van der Waals surface area contributed by atoms with E-state index in [2.05, 4.69) is 10.2 Å². The summed E-state index contributed by atoms with van der Waals surface area (Å²) in [6.45, 7) is 2.88. The number of aliphatic carboxylic acids is 1. The van der Waals surface area contributed by atoms with Gasteiger partial charge in [0.1, 0.15) is 6.54 Å². The molecule has 0 aliphatic carbocycles. The number of hydrogen-bond acceptors (Lipinski definition) is 4. The first-order valence-electron chi connectivity index (χ1n) is 6.51. The predicted octanol–water partition coefficient (Wildman–Crippen LogP) is 0.456. The third-order valence-corrected chi connectivity index (χ3v) is 3.03. The lowest BCUT2D eigenvalue weighted by molar-refractivity contribution is -0.137. The Morgan fingerprint density at radius 2 is 2.14 bits per heavy atom. The minimum Gasteiger partial charge on any atom is -0.480 e. The highest BCUT2D eigenvalue weighted by molar-refractivity contribution is 5.93. The summed E-state index contributed by atoms with van der Waals surface area (Å²) in [5.41, 5.74) is 1.30. The number of carbonyl (C=O) groups excluding carboxylic acids is 1. The zero-order valence-corrected chi connectivity index (χ0v) is 11.9. The average Bonchev–Trinajstić information content (AvgIpc) is 3.06. The van der Waals surface area contributed by atoms with E-state index < -0.39 is 5.97 Å². The van der Waals surface area contributed by atoms with Crippen molar-refractivity contribution < 1.29 is 14.7 Å². The SMILES string of the molecule is CCn1nccc1CN(C)C(=O)c1cnn(CC(=O)O)c1. The summed E-state index contributed by atoms with van der Waals surface area (Å²) in [4.78, 5) is 24.4. The molecule has 0 saturated carbocycles. The van der Waals surface area contributed by atoms with E-state index in [0.29, 0.717) is 12.1 Å². The normalized spacial score (nSPS) is 10.6. The van der Waals surface area contributed by atoms with Gasteiger partial charge >= 0.3 is 5.97 Å². The lowest BCUT2D eigenvalue weighted by atomic mass is 10.3. The Balaban J connectivity index is 2.05. The number of amides is 1. The van der Waals surface area contributed by atoms with E-state index in [9.17, 15) is 9.59 Å². The van der Waals surface area contributed by atoms with Gasteiger partial charge in [-0.25, -0.2) is 0 Å². The fraction of sp³-hybridized carbons (Fsp3) is 0.385. The predicted molar refractivity (Wildman–Crippen MR) is 73.6 cm³/mol. The number of hydrogen-bond donors (Lipinski definition) is 1. The van der Waals surface area contributed by atoms with Gasteiger partial charge in [0.25, 0.3) is 5.91 Å². The summed E-state index contributed by atoms with van der Waals surface area (Å²) >= 11 is 0. The van der Waals surface area contributed by atoms with Gasteiger partial charge in [-0.2, -0.15) is 10.2 Å². The van der Waals surface area contributed by atoms with Crippen LogP contribution < -0.4 is 0 Å². The largest absolute Gasteiger partial charge is 0.480 e. The van der Waals surface area contributed by atoms with Crippen LogP contribution in [0.2, 0.25) is 0 Å². The van der Waals surface area contributed by atoms with Crippen molar-refractivity contribution in [2.45, 2.75) is 26.6 Å². The van der Waals surface area contributed by atoms with Crippen molar-refractivity contribution in [1.82, 2.24) is 24.5 Å². The quantitative estimate of drug-likeness (QED) is 0.834. The summed E-state index contributed by atoms with van der Waals surface area (Å²) in [5, 5.41) is 16.7. The highest BCUT2D eigenvalue weighted by Gasteiger charge is 2.16. The second-order valence-electron chi connectivity index (χ2n) is 4.62. The molecule has 0 aliphatic heterocycles. The van der Waals surface area contributed by atoms with Crippen LogP contribution in [0.25, 0.3) is 0 Å². The maximum atomic E-state index is 12.3. The molecule has 2 heterocycles. The number of carbonyl (C=O) groups is 2. The molecule has 8 nitrogen and oxygen atoms in total. The Morgan fingerprint density at radius 1 is 1.38 bits per heavy atom. The van der Waals surface area contributed by atoms with Crippen LogP contribution in [0.1, 0.15) is 23.0 Å². The van der Waals surface area contributed by atoms with Crippen LogP contribution in [0.3, 0.4) is 0 Å². The van der Waals surface area contributed by atoms with Gasteiger partial charge in [-0.3, -0.25) is 19.0 Å². The maximum absolute atomic E-state index is 12.3. The monoisotopic (exact) mass is 291 g/mol. The third-order valence-electron chi connectivity index (χ3n) is 3.03. The van der Waals surface area contributed by atoms with Crippen molar-refractivity contribution in [2.75, 3.05) is 7.05 Å². The van der Waals surface area contributed by atoms with Gasteiger partial charge in [-0.1, -0.05) is 0 Å². The van der Waals surface area contributed by atoms with Crippen LogP contribution in [-0.4, -0.2) is 48.5 Å². The molecule has 21 heavy (non-hydrogen) atoms. The molecule has 2 rings (SSSR count). The number of aryl methyl sites for hydroxylation is 1. The first-order valence-corrected chi connectivity index (χ1v) is 6.51. The molecule has 0 spiro atoms. The van der Waals surface area contributed by atoms with Gasteiger partial charge in [-0.05, 0) is 13.0 Å². The van der Waals surface area contributed by atoms with Crippen molar-refractivity contribution in [3.8, 4) is 0 Å². The number of carboxylic acids is 1. The van der Waals surface area contributed by atoms with Crippen LogP contribution in [0.4, 0.5) is 0 Å². The van der Waals surface area contributed by atoms with Gasteiger partial charge < -0.3 is 10.0 Å². The van der Waals surface area contributed by atoms with Crippen LogP contribution in [0, 0.1) is 0 Å². The summed E-state index contributed by atoms with van der Waals surface area (Å²) < 4.78 is 3.04. The third kappa shape index (κ3) is 3.47. The molecule has 8 heteroatoms. The van der Waals surface area contributed by atoms with E-state index >= 15 is 0 Å². The van der Waals surface area contributed by atoms with E-state index in [-0.39, 0.29) is 12.5 Å². The summed E-state index contributed by atoms with van der Waals surface area (Å²) in [6, 6.07) is 1.86. The summed E-state index contributed by atoms with van der Waals surface area (Å²) in [7, 11) is 1.68. The molecule has 0 saturated heterocycles. The molecule has 1 amide bonds. The van der Waals surface area contributed by atoms with Gasteiger partial charge in [-0.15, -0.1) is 0 Å². The van der Waals surface area contributed by atoms with Crippen molar-refractivity contribution in [1.29, 1.82) is 0 Å². The first-order chi connectivity index (χ1) is 10.0. The number of nitrogens with zero attached hydrogens (tertiary/aromatic N) is 5. The highest BCUT2D eigenvalue weighted by Crippen LogP contribution is 2.08. The molecule has 0 aromatic carbocycles. The first kappa shape index (κ1) is 14.8. The second-order valence-corrected chi connectivity index (χ2v) is 4.62.